The van der Waals surface area contributed by atoms with Gasteiger partial charge >= 0.3 is 0 Å². The van der Waals surface area contributed by atoms with E-state index in [4.69, 9.17) is 14.2 Å². The molecule has 7 nitrogen and oxygen atoms in total. The molecular formula is C22H29ClN2O5S. The van der Waals surface area contributed by atoms with Gasteiger partial charge in [0.2, 0.25) is 5.75 Å². The van der Waals surface area contributed by atoms with Crippen LogP contribution >= 0.6 is 11.3 Å². The minimum Gasteiger partial charge on any atom is -1.00 e. The summed E-state index contributed by atoms with van der Waals surface area (Å²) in [5.74, 6) is 1.55. The lowest BCUT2D eigenvalue weighted by Crippen LogP contribution is -3.12. The second-order valence-corrected chi connectivity index (χ2v) is 8.03. The maximum absolute atomic E-state index is 13.1. The van der Waals surface area contributed by atoms with Crippen molar-refractivity contribution in [2.24, 2.45) is 0 Å². The summed E-state index contributed by atoms with van der Waals surface area (Å²) in [6.07, 6.45) is 1.44. The van der Waals surface area contributed by atoms with Gasteiger partial charge in [-0.1, -0.05) is 0 Å². The summed E-state index contributed by atoms with van der Waals surface area (Å²) in [6, 6.07) is 5.26. The Hall–Kier alpha value is -2.29. The number of ether oxygens (including phenoxy) is 3. The maximum atomic E-state index is 13.1. The zero-order valence-corrected chi connectivity index (χ0v) is 19.7. The highest BCUT2D eigenvalue weighted by Crippen LogP contribution is 2.38. The van der Waals surface area contributed by atoms with Crippen molar-refractivity contribution in [2.75, 3.05) is 54.1 Å². The summed E-state index contributed by atoms with van der Waals surface area (Å²) in [5, 5.41) is 3.83. The number of rotatable bonds is 8. The molecule has 1 saturated heterocycles. The molecule has 2 heterocycles. The van der Waals surface area contributed by atoms with Crippen LogP contribution in [0.5, 0.6) is 17.2 Å². The number of nitrogens with one attached hydrogen (secondary N) is 1. The molecule has 1 N–H and O–H groups in total. The van der Waals surface area contributed by atoms with Crippen LogP contribution in [-0.4, -0.2) is 70.6 Å². The molecule has 1 aliphatic heterocycles. The summed E-state index contributed by atoms with van der Waals surface area (Å²) in [6.45, 7) is 3.92. The minimum absolute atomic E-state index is 0. The summed E-state index contributed by atoms with van der Waals surface area (Å²) >= 11 is 1.54. The lowest BCUT2D eigenvalue weighted by Gasteiger charge is -2.21. The Kier molecular flexibility index (Phi) is 9.61. The first-order valence-corrected chi connectivity index (χ1v) is 11.0. The van der Waals surface area contributed by atoms with E-state index >= 15 is 0 Å². The van der Waals surface area contributed by atoms with E-state index in [1.807, 2.05) is 21.7 Å². The number of carbonyl (C=O) groups excluding carboxylic acids is 2. The third-order valence-corrected chi connectivity index (χ3v) is 6.12. The lowest BCUT2D eigenvalue weighted by molar-refractivity contribution is -0.897. The molecule has 1 aromatic carbocycles. The number of benzene rings is 1. The quantitative estimate of drug-likeness (QED) is 0.492. The fraction of sp³-hybridized carbons (Fsp3) is 0.455. The van der Waals surface area contributed by atoms with Crippen LogP contribution in [-0.2, 0) is 0 Å². The number of hydrogen-bond acceptors (Lipinski definition) is 6. The van der Waals surface area contributed by atoms with Gasteiger partial charge in [-0.3, -0.25) is 9.59 Å². The number of methoxy groups -OCH3 is 3. The lowest BCUT2D eigenvalue weighted by atomic mass is 10.1. The molecule has 0 radical (unpaired) electrons. The van der Waals surface area contributed by atoms with Gasteiger partial charge in [-0.15, -0.1) is 0 Å². The molecule has 0 bridgehead atoms. The normalized spacial score (nSPS) is 16.1. The van der Waals surface area contributed by atoms with Crippen molar-refractivity contribution in [3.05, 3.63) is 40.1 Å². The summed E-state index contributed by atoms with van der Waals surface area (Å²) < 4.78 is 16.1. The topological polar surface area (TPSA) is 69.5 Å². The standard InChI is InChI=1S/C22H28N2O5S.ClH/c1-27-19-13-17(14-20(28-2)21(19)29-3)22(26)24-8-4-7-23(10-11-24)9-5-18(25)16-6-12-30-15-16;/h6,12-15H,4-5,7-11H2,1-3H3;1H. The van der Waals surface area contributed by atoms with Gasteiger partial charge in [0.25, 0.3) is 5.91 Å². The van der Waals surface area contributed by atoms with Crippen molar-refractivity contribution < 1.29 is 41.1 Å². The van der Waals surface area contributed by atoms with Gasteiger partial charge in [-0.25, -0.2) is 0 Å². The smallest absolute Gasteiger partial charge is 0.254 e. The highest BCUT2D eigenvalue weighted by molar-refractivity contribution is 7.08. The number of nitrogens with zero attached hydrogens (tertiary/aromatic N) is 1. The highest BCUT2D eigenvalue weighted by atomic mass is 35.5. The van der Waals surface area contributed by atoms with E-state index in [9.17, 15) is 9.59 Å². The Balaban J connectivity index is 0.00000341. The van der Waals surface area contributed by atoms with Crippen LogP contribution in [0.3, 0.4) is 0 Å². The van der Waals surface area contributed by atoms with Crippen molar-refractivity contribution in [3.8, 4) is 17.2 Å². The molecule has 1 amide bonds. The summed E-state index contributed by atoms with van der Waals surface area (Å²) in [5.41, 5.74) is 1.31. The second kappa shape index (κ2) is 11.9. The van der Waals surface area contributed by atoms with Gasteiger partial charge in [-0.2, -0.15) is 11.3 Å². The molecule has 0 spiro atoms. The van der Waals surface area contributed by atoms with E-state index in [0.717, 1.165) is 31.6 Å². The number of halogens is 1. The van der Waals surface area contributed by atoms with Crippen molar-refractivity contribution in [1.82, 2.24) is 4.90 Å². The van der Waals surface area contributed by atoms with Gasteiger partial charge in [-0.05, 0) is 23.6 Å². The Labute approximate surface area is 193 Å². The summed E-state index contributed by atoms with van der Waals surface area (Å²) in [4.78, 5) is 28.6. The molecule has 1 aliphatic rings. The van der Waals surface area contributed by atoms with Crippen molar-refractivity contribution >= 4 is 23.0 Å². The first-order chi connectivity index (χ1) is 14.6. The van der Waals surface area contributed by atoms with Gasteiger partial charge < -0.3 is 36.4 Å². The molecule has 9 heteroatoms. The molecule has 1 atom stereocenters. The fourth-order valence-corrected chi connectivity index (χ4v) is 4.41. The van der Waals surface area contributed by atoms with E-state index in [0.29, 0.717) is 42.3 Å². The van der Waals surface area contributed by atoms with Crippen LogP contribution in [0.2, 0.25) is 0 Å². The molecule has 3 rings (SSSR count). The van der Waals surface area contributed by atoms with Crippen LogP contribution in [0, 0.1) is 0 Å². The Morgan fingerprint density at radius 3 is 2.32 bits per heavy atom. The number of thiophene rings is 1. The number of Topliss-reactive ketones (excluding diaryl/α,β-unsaturated/α-hetero) is 1. The minimum atomic E-state index is -0.0511. The number of amides is 1. The number of carbonyl (C=O) groups is 2. The molecule has 0 saturated carbocycles. The predicted molar refractivity (Wildman–Crippen MR) is 115 cm³/mol. The van der Waals surface area contributed by atoms with E-state index in [1.165, 1.54) is 26.2 Å². The monoisotopic (exact) mass is 468 g/mol. The third-order valence-electron chi connectivity index (χ3n) is 5.44. The predicted octanol–water partition coefficient (Wildman–Crippen LogP) is -1.22. The number of quaternary nitrogens is 1. The van der Waals surface area contributed by atoms with Gasteiger partial charge in [0.15, 0.2) is 17.3 Å². The molecule has 170 valence electrons. The van der Waals surface area contributed by atoms with Gasteiger partial charge in [0, 0.05) is 29.5 Å². The molecule has 2 aromatic rings. The van der Waals surface area contributed by atoms with E-state index in [1.54, 1.807) is 23.5 Å². The highest BCUT2D eigenvalue weighted by Gasteiger charge is 2.25. The van der Waals surface area contributed by atoms with E-state index in [-0.39, 0.29) is 24.1 Å². The van der Waals surface area contributed by atoms with Crippen LogP contribution in [0.25, 0.3) is 0 Å². The van der Waals surface area contributed by atoms with Crippen LogP contribution in [0.4, 0.5) is 0 Å². The molecule has 0 aliphatic carbocycles. The Bertz CT molecular complexity index is 850. The maximum Gasteiger partial charge on any atom is 0.254 e. The SMILES string of the molecule is COc1cc(C(=O)N2CCC[NH+](CCC(=O)c3ccsc3)CC2)cc(OC)c1OC.[Cl-]. The van der Waals surface area contributed by atoms with Crippen LogP contribution in [0.15, 0.2) is 29.0 Å². The second-order valence-electron chi connectivity index (χ2n) is 7.24. The van der Waals surface area contributed by atoms with Gasteiger partial charge in [0.1, 0.15) is 0 Å². The van der Waals surface area contributed by atoms with Crippen LogP contribution < -0.4 is 31.5 Å². The average molecular weight is 469 g/mol. The molecule has 31 heavy (non-hydrogen) atoms. The average Bonchev–Trinajstić information content (AvgIpc) is 3.22. The summed E-state index contributed by atoms with van der Waals surface area (Å²) in [7, 11) is 4.61. The molecular weight excluding hydrogens is 440 g/mol. The molecule has 1 unspecified atom stereocenters. The number of ketones is 1. The number of hydrogen-bond donors (Lipinski definition) is 1. The Morgan fingerprint density at radius 2 is 1.74 bits per heavy atom. The molecule has 1 aromatic heterocycles. The van der Waals surface area contributed by atoms with Crippen molar-refractivity contribution in [3.63, 3.8) is 0 Å². The van der Waals surface area contributed by atoms with E-state index in [2.05, 4.69) is 0 Å². The van der Waals surface area contributed by atoms with E-state index < -0.39 is 0 Å². The first kappa shape index (κ1) is 25.0. The van der Waals surface area contributed by atoms with Crippen molar-refractivity contribution in [1.29, 1.82) is 0 Å². The first-order valence-electron chi connectivity index (χ1n) is 10.1. The third kappa shape index (κ3) is 6.12. The zero-order chi connectivity index (χ0) is 21.5. The van der Waals surface area contributed by atoms with Crippen LogP contribution in [0.1, 0.15) is 33.6 Å². The van der Waals surface area contributed by atoms with Gasteiger partial charge in [0.05, 0.1) is 53.9 Å². The largest absolute Gasteiger partial charge is 1.00 e. The fourth-order valence-electron chi connectivity index (χ4n) is 3.75. The zero-order valence-electron chi connectivity index (χ0n) is 18.1. The Morgan fingerprint density at radius 1 is 1.03 bits per heavy atom. The molecule has 1 fully saturated rings. The van der Waals surface area contributed by atoms with Crippen molar-refractivity contribution in [2.45, 2.75) is 12.8 Å².